The van der Waals surface area contributed by atoms with Gasteiger partial charge in [-0.2, -0.15) is 0 Å². The molecule has 0 saturated carbocycles. The van der Waals surface area contributed by atoms with E-state index in [9.17, 15) is 0 Å². The third kappa shape index (κ3) is 198. The summed E-state index contributed by atoms with van der Waals surface area (Å²) in [6.45, 7) is 5.90. The Labute approximate surface area is 67.1 Å². The monoisotopic (exact) mass is 113 g/mol. The van der Waals surface area contributed by atoms with Crippen LogP contribution in [0.1, 0.15) is 20.8 Å². The second-order valence-corrected chi connectivity index (χ2v) is 2.37. The van der Waals surface area contributed by atoms with Gasteiger partial charge in [0, 0.05) is 5.54 Å². The first-order chi connectivity index (χ1) is 2.00. The minimum absolute atomic E-state index is 0. The van der Waals surface area contributed by atoms with Crippen LogP contribution < -0.4 is 35.3 Å². The molecule has 7 heavy (non-hydrogen) atoms. The molecule has 0 spiro atoms. The van der Waals surface area contributed by atoms with Gasteiger partial charge in [0.2, 0.25) is 0 Å². The van der Waals surface area contributed by atoms with Crippen molar-refractivity contribution < 1.29 is 35.0 Å². The Bertz CT molecular complexity index is 27.2. The van der Waals surface area contributed by atoms with Crippen LogP contribution in [0.2, 0.25) is 0 Å². The minimum atomic E-state index is 0. The van der Waals surface area contributed by atoms with Crippen molar-refractivity contribution in [2.24, 2.45) is 5.73 Å². The number of nitrogens with two attached hydrogens (primary N) is 1. The van der Waals surface area contributed by atoms with Crippen LogP contribution in [0.25, 0.3) is 0 Å². The number of hydrogen-bond acceptors (Lipinski definition) is 2. The normalized spacial score (nSPS) is 8.57. The summed E-state index contributed by atoms with van der Waals surface area (Å²) in [5.74, 6) is 0. The van der Waals surface area contributed by atoms with Crippen LogP contribution in [0.4, 0.5) is 0 Å². The average molecular weight is 113 g/mol. The van der Waals surface area contributed by atoms with Crippen molar-refractivity contribution >= 4 is 0 Å². The molecular weight excluding hydrogens is 101 g/mol. The van der Waals surface area contributed by atoms with E-state index in [1.54, 1.807) is 0 Å². The molecule has 0 aliphatic rings. The summed E-state index contributed by atoms with van der Waals surface area (Å²) >= 11 is 0. The maximum atomic E-state index is 5.35. The molecule has 0 radical (unpaired) electrons. The van der Waals surface area contributed by atoms with Crippen molar-refractivity contribution in [2.75, 3.05) is 0 Å². The fourth-order valence-corrected chi connectivity index (χ4v) is 0. The average Bonchev–Trinajstić information content (AvgIpc) is 0.722. The predicted molar refractivity (Wildman–Crippen MR) is 25.9 cm³/mol. The van der Waals surface area contributed by atoms with Gasteiger partial charge in [0.1, 0.15) is 0 Å². The van der Waals surface area contributed by atoms with Gasteiger partial charge in [0.15, 0.2) is 0 Å². The molecule has 0 aliphatic carbocycles. The van der Waals surface area contributed by atoms with Crippen molar-refractivity contribution in [1.29, 1.82) is 0 Å². The van der Waals surface area contributed by atoms with E-state index in [1.165, 1.54) is 0 Å². The minimum Gasteiger partial charge on any atom is -0.870 e. The Morgan fingerprint density at radius 3 is 1.14 bits per heavy atom. The van der Waals surface area contributed by atoms with Crippen molar-refractivity contribution in [2.45, 2.75) is 26.3 Å². The Hall–Kier alpha value is 0.920. The van der Waals surface area contributed by atoms with Crippen molar-refractivity contribution in [1.82, 2.24) is 0 Å². The van der Waals surface area contributed by atoms with Gasteiger partial charge in [0.05, 0.1) is 0 Å². The quantitative estimate of drug-likeness (QED) is 0.355. The summed E-state index contributed by atoms with van der Waals surface area (Å²) in [4.78, 5) is 0. The molecule has 0 amide bonds. The summed E-state index contributed by atoms with van der Waals surface area (Å²) in [6, 6.07) is 0. The smallest absolute Gasteiger partial charge is 0.870 e. The van der Waals surface area contributed by atoms with E-state index in [-0.39, 0.29) is 40.6 Å². The molecule has 0 fully saturated rings. The van der Waals surface area contributed by atoms with Crippen LogP contribution in [0.3, 0.4) is 0 Å². The first-order valence-corrected chi connectivity index (χ1v) is 1.79. The first kappa shape index (κ1) is 15.7. The molecule has 0 aromatic heterocycles. The third-order valence-electron chi connectivity index (χ3n) is 0. The molecule has 0 aromatic rings. The maximum absolute atomic E-state index is 5.35. The zero-order valence-corrected chi connectivity index (χ0v) is 7.52. The van der Waals surface area contributed by atoms with Gasteiger partial charge in [0.25, 0.3) is 0 Å². The maximum Gasteiger partial charge on any atom is 1.00 e. The molecule has 0 unspecified atom stereocenters. The Kier molecular flexibility index (Phi) is 11.3. The van der Waals surface area contributed by atoms with E-state index in [0.717, 1.165) is 0 Å². The molecule has 0 aromatic carbocycles. The second-order valence-electron chi connectivity index (χ2n) is 2.37. The van der Waals surface area contributed by atoms with Gasteiger partial charge in [-0.1, -0.05) is 0 Å². The summed E-state index contributed by atoms with van der Waals surface area (Å²) in [5, 5.41) is 0. The van der Waals surface area contributed by atoms with Crippen LogP contribution in [0, 0.1) is 0 Å². The number of rotatable bonds is 0. The summed E-state index contributed by atoms with van der Waals surface area (Å²) in [5.41, 5.74) is 5.35. The molecule has 0 atom stereocenters. The Balaban J connectivity index is -0.0000000800. The van der Waals surface area contributed by atoms with Crippen LogP contribution in [0.15, 0.2) is 0 Å². The van der Waals surface area contributed by atoms with Crippen molar-refractivity contribution in [3.8, 4) is 0 Å². The van der Waals surface area contributed by atoms with Crippen molar-refractivity contribution in [3.63, 3.8) is 0 Å². The predicted octanol–water partition coefficient (Wildman–Crippen LogP) is -2.43. The van der Waals surface area contributed by atoms with Crippen LogP contribution in [-0.2, 0) is 0 Å². The molecule has 0 heterocycles. The number of hydrogen-bond donors (Lipinski definition) is 1. The topological polar surface area (TPSA) is 56.0 Å². The zero-order valence-electron chi connectivity index (χ0n) is 5.52. The Morgan fingerprint density at radius 1 is 1.14 bits per heavy atom. The molecule has 3 N–H and O–H groups in total. The molecule has 0 aliphatic heterocycles. The zero-order chi connectivity index (χ0) is 4.50. The van der Waals surface area contributed by atoms with E-state index >= 15 is 0 Å². The molecule has 0 saturated heterocycles. The van der Waals surface area contributed by atoms with E-state index in [4.69, 9.17) is 5.73 Å². The SMILES string of the molecule is CC(C)(C)N.[Na+].[OH-]. The van der Waals surface area contributed by atoms with Gasteiger partial charge in [-0.05, 0) is 20.8 Å². The largest absolute Gasteiger partial charge is 1.00 e. The fraction of sp³-hybridized carbons (Fsp3) is 1.00. The van der Waals surface area contributed by atoms with Crippen LogP contribution >= 0.6 is 0 Å². The van der Waals surface area contributed by atoms with Crippen LogP contribution in [-0.4, -0.2) is 11.0 Å². The van der Waals surface area contributed by atoms with E-state index in [1.807, 2.05) is 20.8 Å². The van der Waals surface area contributed by atoms with Gasteiger partial charge in [-0.25, -0.2) is 0 Å². The van der Waals surface area contributed by atoms with E-state index < -0.39 is 0 Å². The molecule has 3 heteroatoms. The van der Waals surface area contributed by atoms with Crippen molar-refractivity contribution in [3.05, 3.63) is 0 Å². The molecular formula is C4H12NNaO. The standard InChI is InChI=1S/C4H11N.Na.H2O/c1-4(2,3)5;;/h5H2,1-3H3;;1H2/q;+1;/p-1. The fourth-order valence-electron chi connectivity index (χ4n) is 0. The van der Waals surface area contributed by atoms with Gasteiger partial charge in [-0.15, -0.1) is 0 Å². The van der Waals surface area contributed by atoms with Gasteiger partial charge >= 0.3 is 29.6 Å². The molecule has 0 bridgehead atoms. The summed E-state index contributed by atoms with van der Waals surface area (Å²) in [6.07, 6.45) is 0. The van der Waals surface area contributed by atoms with Gasteiger partial charge < -0.3 is 11.2 Å². The Morgan fingerprint density at radius 2 is 1.14 bits per heavy atom. The second kappa shape index (κ2) is 5.06. The molecule has 40 valence electrons. The molecule has 0 rings (SSSR count). The third-order valence-corrected chi connectivity index (χ3v) is 0. The summed E-state index contributed by atoms with van der Waals surface area (Å²) in [7, 11) is 0. The van der Waals surface area contributed by atoms with E-state index in [0.29, 0.717) is 0 Å². The van der Waals surface area contributed by atoms with Gasteiger partial charge in [-0.3, -0.25) is 0 Å². The molecule has 2 nitrogen and oxygen atoms in total. The van der Waals surface area contributed by atoms with Crippen LogP contribution in [0.5, 0.6) is 0 Å². The summed E-state index contributed by atoms with van der Waals surface area (Å²) < 4.78 is 0. The van der Waals surface area contributed by atoms with E-state index in [2.05, 4.69) is 0 Å². The first-order valence-electron chi connectivity index (χ1n) is 1.79.